The number of hydrogen-bond acceptors (Lipinski definition) is 3. The van der Waals surface area contributed by atoms with Crippen LogP contribution in [0.1, 0.15) is 53.9 Å². The minimum Gasteiger partial charge on any atom is -0.442 e. The molecule has 0 bridgehead atoms. The molecule has 0 aliphatic rings. The Morgan fingerprint density at radius 3 is 2.35 bits per heavy atom. The third-order valence-electron chi connectivity index (χ3n) is 2.44. The SMILES string of the molecule is CCC(/C=N/C(=O)OC(C)(C)C)C[C@@H](N)CC. The topological polar surface area (TPSA) is 64.7 Å². The first-order valence-electron chi connectivity index (χ1n) is 6.31. The molecule has 4 nitrogen and oxygen atoms in total. The van der Waals surface area contributed by atoms with Crippen molar-refractivity contribution in [3.63, 3.8) is 0 Å². The standard InChI is InChI=1S/C13H26N2O2/c1-6-10(8-11(14)7-2)9-15-12(16)17-13(3,4)5/h9-11H,6-8,14H2,1-5H3/b15-9+/t10?,11-/m0/s1. The zero-order chi connectivity index (χ0) is 13.5. The van der Waals surface area contributed by atoms with E-state index in [1.807, 2.05) is 20.8 Å². The molecule has 2 N–H and O–H groups in total. The van der Waals surface area contributed by atoms with E-state index < -0.39 is 11.7 Å². The Hall–Kier alpha value is -0.900. The number of carbonyl (C=O) groups excluding carboxylic acids is 1. The number of amides is 1. The van der Waals surface area contributed by atoms with Crippen molar-refractivity contribution in [3.05, 3.63) is 0 Å². The van der Waals surface area contributed by atoms with E-state index in [2.05, 4.69) is 18.8 Å². The number of carbonyl (C=O) groups is 1. The van der Waals surface area contributed by atoms with Crippen LogP contribution in [0.25, 0.3) is 0 Å². The molecule has 0 aromatic carbocycles. The Labute approximate surface area is 105 Å². The van der Waals surface area contributed by atoms with Crippen LogP contribution in [0.5, 0.6) is 0 Å². The van der Waals surface area contributed by atoms with Crippen molar-refractivity contribution in [1.82, 2.24) is 0 Å². The van der Waals surface area contributed by atoms with Crippen molar-refractivity contribution in [2.24, 2.45) is 16.6 Å². The van der Waals surface area contributed by atoms with Gasteiger partial charge in [-0.3, -0.25) is 0 Å². The second-order valence-corrected chi connectivity index (χ2v) is 5.33. The van der Waals surface area contributed by atoms with E-state index in [4.69, 9.17) is 10.5 Å². The first-order chi connectivity index (χ1) is 7.78. The summed E-state index contributed by atoms with van der Waals surface area (Å²) < 4.78 is 5.10. The fourth-order valence-corrected chi connectivity index (χ4v) is 1.34. The van der Waals surface area contributed by atoms with Crippen LogP contribution in [0.15, 0.2) is 4.99 Å². The van der Waals surface area contributed by atoms with Gasteiger partial charge in [-0.15, -0.1) is 0 Å². The molecule has 0 aromatic rings. The van der Waals surface area contributed by atoms with E-state index in [0.29, 0.717) is 0 Å². The number of rotatable bonds is 5. The molecule has 0 fully saturated rings. The van der Waals surface area contributed by atoms with Crippen LogP contribution in [-0.2, 0) is 4.74 Å². The second-order valence-electron chi connectivity index (χ2n) is 5.33. The molecule has 4 heteroatoms. The summed E-state index contributed by atoms with van der Waals surface area (Å²) in [6.07, 6.45) is 3.88. The highest BCUT2D eigenvalue weighted by molar-refractivity contribution is 5.80. The van der Waals surface area contributed by atoms with Crippen LogP contribution in [0.3, 0.4) is 0 Å². The summed E-state index contributed by atoms with van der Waals surface area (Å²) in [5.41, 5.74) is 5.39. The van der Waals surface area contributed by atoms with Crippen LogP contribution < -0.4 is 5.73 Å². The van der Waals surface area contributed by atoms with E-state index in [9.17, 15) is 4.79 Å². The van der Waals surface area contributed by atoms with Crippen LogP contribution in [0.2, 0.25) is 0 Å². The number of nitrogens with two attached hydrogens (primary N) is 1. The third kappa shape index (κ3) is 8.86. The quantitative estimate of drug-likeness (QED) is 0.753. The first-order valence-corrected chi connectivity index (χ1v) is 6.31. The summed E-state index contributed by atoms with van der Waals surface area (Å²) in [5, 5.41) is 0. The van der Waals surface area contributed by atoms with Gasteiger partial charge in [0.05, 0.1) is 0 Å². The average molecular weight is 242 g/mol. The van der Waals surface area contributed by atoms with E-state index in [1.165, 1.54) is 0 Å². The van der Waals surface area contributed by atoms with E-state index in [-0.39, 0.29) is 12.0 Å². The van der Waals surface area contributed by atoms with Crippen molar-refractivity contribution in [2.75, 3.05) is 0 Å². The van der Waals surface area contributed by atoms with Gasteiger partial charge in [0.1, 0.15) is 5.60 Å². The van der Waals surface area contributed by atoms with Gasteiger partial charge in [0.2, 0.25) is 0 Å². The average Bonchev–Trinajstić information content (AvgIpc) is 2.21. The molecule has 17 heavy (non-hydrogen) atoms. The second kappa shape index (κ2) is 7.43. The Bertz CT molecular complexity index is 257. The number of hydrogen-bond donors (Lipinski definition) is 1. The highest BCUT2D eigenvalue weighted by atomic mass is 16.6. The fraction of sp³-hybridized carbons (Fsp3) is 0.846. The highest BCUT2D eigenvalue weighted by Gasteiger charge is 2.15. The molecule has 0 aliphatic heterocycles. The summed E-state index contributed by atoms with van der Waals surface area (Å²) in [4.78, 5) is 15.2. The molecule has 0 rings (SSSR count). The molecule has 0 heterocycles. The van der Waals surface area contributed by atoms with Crippen molar-refractivity contribution >= 4 is 12.3 Å². The lowest BCUT2D eigenvalue weighted by molar-refractivity contribution is 0.0604. The van der Waals surface area contributed by atoms with Crippen LogP contribution in [0, 0.1) is 5.92 Å². The van der Waals surface area contributed by atoms with Gasteiger partial charge >= 0.3 is 6.09 Å². The normalized spacial score (nSPS) is 15.9. The van der Waals surface area contributed by atoms with Gasteiger partial charge in [0, 0.05) is 12.3 Å². The van der Waals surface area contributed by atoms with Gasteiger partial charge in [-0.2, -0.15) is 4.99 Å². The van der Waals surface area contributed by atoms with Gasteiger partial charge in [0.15, 0.2) is 0 Å². The predicted molar refractivity (Wildman–Crippen MR) is 71.4 cm³/mol. The van der Waals surface area contributed by atoms with E-state index in [0.717, 1.165) is 19.3 Å². The Kier molecular flexibility index (Phi) is 7.04. The predicted octanol–water partition coefficient (Wildman–Crippen LogP) is 3.15. The number of nitrogens with zero attached hydrogens (tertiary/aromatic N) is 1. The Morgan fingerprint density at radius 2 is 1.94 bits per heavy atom. The van der Waals surface area contributed by atoms with E-state index in [1.54, 1.807) is 6.21 Å². The molecule has 1 amide bonds. The van der Waals surface area contributed by atoms with Crippen LogP contribution >= 0.6 is 0 Å². The third-order valence-corrected chi connectivity index (χ3v) is 2.44. The lowest BCUT2D eigenvalue weighted by Crippen LogP contribution is -2.24. The Morgan fingerprint density at radius 1 is 1.35 bits per heavy atom. The Balaban J connectivity index is 4.22. The maximum Gasteiger partial charge on any atom is 0.433 e. The van der Waals surface area contributed by atoms with Crippen molar-refractivity contribution in [3.8, 4) is 0 Å². The summed E-state index contributed by atoms with van der Waals surface area (Å²) in [7, 11) is 0. The summed E-state index contributed by atoms with van der Waals surface area (Å²) in [6, 6.07) is 0.171. The molecule has 1 unspecified atom stereocenters. The molecule has 2 atom stereocenters. The monoisotopic (exact) mass is 242 g/mol. The summed E-state index contributed by atoms with van der Waals surface area (Å²) in [6.45, 7) is 9.59. The molecule has 0 radical (unpaired) electrons. The summed E-state index contributed by atoms with van der Waals surface area (Å²) in [5.74, 6) is 0.248. The van der Waals surface area contributed by atoms with E-state index >= 15 is 0 Å². The highest BCUT2D eigenvalue weighted by Crippen LogP contribution is 2.11. The van der Waals surface area contributed by atoms with Crippen LogP contribution in [0.4, 0.5) is 4.79 Å². The lowest BCUT2D eigenvalue weighted by Gasteiger charge is -2.18. The van der Waals surface area contributed by atoms with Gasteiger partial charge in [-0.1, -0.05) is 13.8 Å². The van der Waals surface area contributed by atoms with Gasteiger partial charge in [-0.25, -0.2) is 4.79 Å². The fourth-order valence-electron chi connectivity index (χ4n) is 1.34. The molecule has 0 saturated heterocycles. The largest absolute Gasteiger partial charge is 0.442 e. The van der Waals surface area contributed by atoms with Crippen molar-refractivity contribution < 1.29 is 9.53 Å². The molecular weight excluding hydrogens is 216 g/mol. The summed E-state index contributed by atoms with van der Waals surface area (Å²) >= 11 is 0. The molecular formula is C13H26N2O2. The molecule has 100 valence electrons. The maximum absolute atomic E-state index is 11.4. The maximum atomic E-state index is 11.4. The minimum absolute atomic E-state index is 0.171. The molecule has 0 spiro atoms. The molecule has 0 aromatic heterocycles. The zero-order valence-corrected chi connectivity index (χ0v) is 11.7. The lowest BCUT2D eigenvalue weighted by atomic mass is 9.98. The van der Waals surface area contributed by atoms with Crippen LogP contribution in [-0.4, -0.2) is 24.0 Å². The molecule has 0 aliphatic carbocycles. The van der Waals surface area contributed by atoms with Crippen molar-refractivity contribution in [2.45, 2.75) is 65.5 Å². The minimum atomic E-state index is -0.527. The zero-order valence-electron chi connectivity index (χ0n) is 11.7. The molecule has 0 saturated carbocycles. The number of ether oxygens (including phenoxy) is 1. The van der Waals surface area contributed by atoms with Gasteiger partial charge < -0.3 is 10.5 Å². The van der Waals surface area contributed by atoms with Crippen molar-refractivity contribution in [1.29, 1.82) is 0 Å². The number of aliphatic imine (C=N–C) groups is 1. The van der Waals surface area contributed by atoms with Gasteiger partial charge in [-0.05, 0) is 46.0 Å². The van der Waals surface area contributed by atoms with Gasteiger partial charge in [0.25, 0.3) is 0 Å². The smallest absolute Gasteiger partial charge is 0.433 e. The first kappa shape index (κ1) is 16.1.